The highest BCUT2D eigenvalue weighted by Crippen LogP contribution is 2.32. The number of aliphatic imine (C=N–C) groups is 2. The molecule has 6 heteroatoms. The Bertz CT molecular complexity index is 1050. The van der Waals surface area contributed by atoms with Gasteiger partial charge in [-0.05, 0) is 47.5 Å². The van der Waals surface area contributed by atoms with Crippen LogP contribution in [0.2, 0.25) is 10.0 Å². The second kappa shape index (κ2) is 8.13. The van der Waals surface area contributed by atoms with Crippen molar-refractivity contribution in [3.05, 3.63) is 105 Å². The first-order valence-electron chi connectivity index (χ1n) is 9.70. The largest absolute Gasteiger partial charge is 0.475 e. The molecule has 0 N–H and O–H groups in total. The van der Waals surface area contributed by atoms with E-state index in [1.165, 1.54) is 0 Å². The van der Waals surface area contributed by atoms with E-state index in [1.807, 2.05) is 72.8 Å². The highest BCUT2D eigenvalue weighted by molar-refractivity contribution is 6.31. The third kappa shape index (κ3) is 3.69. The number of ether oxygens (including phenoxy) is 2. The van der Waals surface area contributed by atoms with Crippen molar-refractivity contribution in [3.8, 4) is 0 Å². The fraction of sp³-hybridized carbons (Fsp3) is 0.167. The fourth-order valence-corrected chi connectivity index (χ4v) is 4.15. The van der Waals surface area contributed by atoms with Crippen LogP contribution < -0.4 is 0 Å². The van der Waals surface area contributed by atoms with Crippen molar-refractivity contribution in [2.45, 2.75) is 12.1 Å². The fourth-order valence-electron chi connectivity index (χ4n) is 3.63. The molecule has 0 bridgehead atoms. The minimum Gasteiger partial charge on any atom is -0.475 e. The average molecular weight is 437 g/mol. The quantitative estimate of drug-likeness (QED) is 0.500. The van der Waals surface area contributed by atoms with Crippen LogP contribution in [0.15, 0.2) is 82.8 Å². The highest BCUT2D eigenvalue weighted by Gasteiger charge is 2.25. The first-order valence-corrected chi connectivity index (χ1v) is 10.5. The summed E-state index contributed by atoms with van der Waals surface area (Å²) < 4.78 is 11.7. The van der Waals surface area contributed by atoms with Crippen molar-refractivity contribution in [2.24, 2.45) is 9.98 Å². The minimum absolute atomic E-state index is 0.0905. The molecule has 0 fully saturated rings. The number of nitrogens with zero attached hydrogens (tertiary/aromatic N) is 2. The Morgan fingerprint density at radius 1 is 0.600 bits per heavy atom. The molecule has 2 unspecified atom stereocenters. The van der Waals surface area contributed by atoms with Crippen LogP contribution in [0.3, 0.4) is 0 Å². The van der Waals surface area contributed by atoms with Gasteiger partial charge in [0.25, 0.3) is 0 Å². The molecule has 0 aromatic heterocycles. The van der Waals surface area contributed by atoms with Crippen LogP contribution in [0.5, 0.6) is 0 Å². The van der Waals surface area contributed by atoms with Crippen molar-refractivity contribution >= 4 is 35.0 Å². The molecule has 2 aliphatic rings. The van der Waals surface area contributed by atoms with E-state index in [-0.39, 0.29) is 12.1 Å². The number of rotatable bonds is 4. The lowest BCUT2D eigenvalue weighted by molar-refractivity contribution is 0.319. The van der Waals surface area contributed by atoms with Gasteiger partial charge in [0.15, 0.2) is 0 Å². The summed E-state index contributed by atoms with van der Waals surface area (Å²) in [5.41, 5.74) is 3.78. The van der Waals surface area contributed by atoms with Crippen molar-refractivity contribution in [1.82, 2.24) is 0 Å². The Kier molecular flexibility index (Phi) is 5.19. The molecule has 150 valence electrons. The van der Waals surface area contributed by atoms with Gasteiger partial charge in [0, 0.05) is 21.2 Å². The summed E-state index contributed by atoms with van der Waals surface area (Å²) in [5, 5.41) is 1.41. The van der Waals surface area contributed by atoms with E-state index in [4.69, 9.17) is 42.7 Å². The van der Waals surface area contributed by atoms with Crippen LogP contribution in [-0.2, 0) is 9.47 Å². The number of halogens is 2. The molecule has 2 heterocycles. The molecule has 2 atom stereocenters. The zero-order chi connectivity index (χ0) is 20.5. The van der Waals surface area contributed by atoms with Gasteiger partial charge in [-0.15, -0.1) is 0 Å². The normalized spacial score (nSPS) is 20.3. The third-order valence-electron chi connectivity index (χ3n) is 5.21. The van der Waals surface area contributed by atoms with E-state index in [9.17, 15) is 0 Å². The molecule has 5 rings (SSSR count). The van der Waals surface area contributed by atoms with Crippen LogP contribution in [0.25, 0.3) is 0 Å². The van der Waals surface area contributed by atoms with E-state index < -0.39 is 0 Å². The zero-order valence-corrected chi connectivity index (χ0v) is 17.5. The molecular formula is C24H18Cl2N2O2. The summed E-state index contributed by atoms with van der Waals surface area (Å²) in [7, 11) is 0. The Hall–Kier alpha value is -2.82. The summed E-state index contributed by atoms with van der Waals surface area (Å²) in [4.78, 5) is 9.42. The number of hydrogen-bond acceptors (Lipinski definition) is 4. The van der Waals surface area contributed by atoms with E-state index >= 15 is 0 Å². The Labute approximate surface area is 184 Å². The Morgan fingerprint density at radius 2 is 1.00 bits per heavy atom. The SMILES string of the molecule is Clc1ccccc1C1COC(c2ccc(C3=NC(c4ccccc4Cl)CO3)cc2)=N1. The first kappa shape index (κ1) is 19.2. The molecule has 0 saturated heterocycles. The van der Waals surface area contributed by atoms with Crippen LogP contribution in [0, 0.1) is 0 Å². The molecule has 0 spiro atoms. The summed E-state index contributed by atoms with van der Waals surface area (Å²) in [6.45, 7) is 0.965. The summed E-state index contributed by atoms with van der Waals surface area (Å²) in [6, 6.07) is 23.2. The summed E-state index contributed by atoms with van der Waals surface area (Å²) in [6.07, 6.45) is 0. The predicted octanol–water partition coefficient (Wildman–Crippen LogP) is 6.03. The van der Waals surface area contributed by atoms with Gasteiger partial charge in [-0.1, -0.05) is 59.6 Å². The first-order chi connectivity index (χ1) is 14.7. The smallest absolute Gasteiger partial charge is 0.216 e. The molecular weight excluding hydrogens is 419 g/mol. The lowest BCUT2D eigenvalue weighted by Crippen LogP contribution is -2.04. The van der Waals surface area contributed by atoms with Crippen molar-refractivity contribution in [2.75, 3.05) is 13.2 Å². The van der Waals surface area contributed by atoms with Crippen LogP contribution in [0.4, 0.5) is 0 Å². The van der Waals surface area contributed by atoms with Gasteiger partial charge in [0.1, 0.15) is 25.3 Å². The standard InChI is InChI=1S/C24H18Cl2N2O2/c25-19-7-3-1-5-17(19)21-13-29-23(27-21)15-9-11-16(12-10-15)24-28-22(14-30-24)18-6-2-4-8-20(18)26/h1-12,21-22H,13-14H2. The molecule has 3 aromatic carbocycles. The number of benzene rings is 3. The molecule has 30 heavy (non-hydrogen) atoms. The maximum Gasteiger partial charge on any atom is 0.216 e. The van der Waals surface area contributed by atoms with Crippen LogP contribution >= 0.6 is 23.2 Å². The Balaban J connectivity index is 1.34. The molecule has 0 saturated carbocycles. The molecule has 0 radical (unpaired) electrons. The minimum atomic E-state index is -0.0905. The van der Waals surface area contributed by atoms with Gasteiger partial charge in [-0.25, -0.2) is 9.98 Å². The lowest BCUT2D eigenvalue weighted by Gasteiger charge is -2.06. The summed E-state index contributed by atoms with van der Waals surface area (Å²) in [5.74, 6) is 1.24. The van der Waals surface area contributed by atoms with Gasteiger partial charge in [0.2, 0.25) is 11.8 Å². The van der Waals surface area contributed by atoms with Crippen LogP contribution in [-0.4, -0.2) is 25.0 Å². The second-order valence-corrected chi connectivity index (χ2v) is 7.96. The van der Waals surface area contributed by atoms with Gasteiger partial charge < -0.3 is 9.47 Å². The number of hydrogen-bond donors (Lipinski definition) is 0. The monoisotopic (exact) mass is 436 g/mol. The molecule has 4 nitrogen and oxygen atoms in total. The van der Waals surface area contributed by atoms with E-state index in [0.29, 0.717) is 35.1 Å². The molecule has 3 aromatic rings. The van der Waals surface area contributed by atoms with Crippen molar-refractivity contribution < 1.29 is 9.47 Å². The van der Waals surface area contributed by atoms with E-state index in [2.05, 4.69) is 0 Å². The summed E-state index contributed by atoms with van der Waals surface area (Å²) >= 11 is 12.6. The van der Waals surface area contributed by atoms with E-state index in [1.54, 1.807) is 0 Å². The maximum absolute atomic E-state index is 6.30. The Morgan fingerprint density at radius 3 is 1.40 bits per heavy atom. The zero-order valence-electron chi connectivity index (χ0n) is 16.0. The van der Waals surface area contributed by atoms with Gasteiger partial charge in [-0.3, -0.25) is 0 Å². The van der Waals surface area contributed by atoms with Crippen molar-refractivity contribution in [3.63, 3.8) is 0 Å². The van der Waals surface area contributed by atoms with Gasteiger partial charge >= 0.3 is 0 Å². The second-order valence-electron chi connectivity index (χ2n) is 7.14. The lowest BCUT2D eigenvalue weighted by atomic mass is 10.1. The predicted molar refractivity (Wildman–Crippen MR) is 120 cm³/mol. The average Bonchev–Trinajstić information content (AvgIpc) is 3.45. The van der Waals surface area contributed by atoms with Crippen LogP contribution in [0.1, 0.15) is 34.3 Å². The molecule has 2 aliphatic heterocycles. The van der Waals surface area contributed by atoms with E-state index in [0.717, 1.165) is 22.3 Å². The third-order valence-corrected chi connectivity index (χ3v) is 5.90. The van der Waals surface area contributed by atoms with Gasteiger partial charge in [0.05, 0.1) is 0 Å². The van der Waals surface area contributed by atoms with Gasteiger partial charge in [-0.2, -0.15) is 0 Å². The maximum atomic E-state index is 6.30. The molecule has 0 aliphatic carbocycles. The highest BCUT2D eigenvalue weighted by atomic mass is 35.5. The van der Waals surface area contributed by atoms with Crippen molar-refractivity contribution in [1.29, 1.82) is 0 Å². The topological polar surface area (TPSA) is 43.2 Å². The molecule has 0 amide bonds.